The highest BCUT2D eigenvalue weighted by Gasteiger charge is 2.04. The van der Waals surface area contributed by atoms with Gasteiger partial charge in [0.25, 0.3) is 5.56 Å². The standard InChI is InChI=1S/C12H7N3O/c13-7-8-3-4-9-11(6-8)15-5-1-2-10(15)12(16)14-9/h1-6H,(H,14,16). The Morgan fingerprint density at radius 1 is 1.25 bits per heavy atom. The largest absolute Gasteiger partial charge is 0.319 e. The fraction of sp³-hybridized carbons (Fsp3) is 0. The van der Waals surface area contributed by atoms with Crippen LogP contribution in [-0.4, -0.2) is 9.38 Å². The van der Waals surface area contributed by atoms with Gasteiger partial charge in [-0.15, -0.1) is 0 Å². The van der Waals surface area contributed by atoms with Gasteiger partial charge < -0.3 is 9.38 Å². The molecule has 3 rings (SSSR count). The van der Waals surface area contributed by atoms with E-state index in [0.717, 1.165) is 11.0 Å². The van der Waals surface area contributed by atoms with Crippen LogP contribution in [0.2, 0.25) is 0 Å². The Morgan fingerprint density at radius 2 is 2.12 bits per heavy atom. The van der Waals surface area contributed by atoms with Crippen LogP contribution in [0.1, 0.15) is 5.56 Å². The molecule has 0 amide bonds. The van der Waals surface area contributed by atoms with Crippen molar-refractivity contribution < 1.29 is 0 Å². The van der Waals surface area contributed by atoms with E-state index in [1.54, 1.807) is 28.7 Å². The summed E-state index contributed by atoms with van der Waals surface area (Å²) in [5.74, 6) is 0. The fourth-order valence-corrected chi connectivity index (χ4v) is 1.87. The zero-order valence-corrected chi connectivity index (χ0v) is 8.27. The van der Waals surface area contributed by atoms with Crippen LogP contribution in [0.4, 0.5) is 0 Å². The van der Waals surface area contributed by atoms with Crippen LogP contribution in [-0.2, 0) is 0 Å². The van der Waals surface area contributed by atoms with Crippen LogP contribution in [0, 0.1) is 11.3 Å². The summed E-state index contributed by atoms with van der Waals surface area (Å²) in [6, 6.07) is 10.8. The molecule has 4 heteroatoms. The van der Waals surface area contributed by atoms with E-state index in [1.807, 2.05) is 12.3 Å². The molecule has 0 atom stereocenters. The Morgan fingerprint density at radius 3 is 2.94 bits per heavy atom. The highest BCUT2D eigenvalue weighted by molar-refractivity contribution is 5.79. The van der Waals surface area contributed by atoms with Gasteiger partial charge in [0.05, 0.1) is 22.7 Å². The van der Waals surface area contributed by atoms with Crippen LogP contribution >= 0.6 is 0 Å². The Kier molecular flexibility index (Phi) is 1.62. The van der Waals surface area contributed by atoms with E-state index in [9.17, 15) is 4.79 Å². The summed E-state index contributed by atoms with van der Waals surface area (Å²) < 4.78 is 1.79. The minimum absolute atomic E-state index is 0.123. The first-order valence-electron chi connectivity index (χ1n) is 4.83. The minimum Gasteiger partial charge on any atom is -0.319 e. The molecule has 3 aromatic rings. The molecule has 4 nitrogen and oxygen atoms in total. The number of hydrogen-bond donors (Lipinski definition) is 1. The molecule has 1 N–H and O–H groups in total. The van der Waals surface area contributed by atoms with Gasteiger partial charge in [-0.1, -0.05) is 0 Å². The van der Waals surface area contributed by atoms with Crippen LogP contribution in [0.25, 0.3) is 16.6 Å². The lowest BCUT2D eigenvalue weighted by atomic mass is 10.2. The van der Waals surface area contributed by atoms with Crippen molar-refractivity contribution in [3.8, 4) is 6.07 Å². The van der Waals surface area contributed by atoms with E-state index >= 15 is 0 Å². The zero-order valence-electron chi connectivity index (χ0n) is 8.27. The first-order chi connectivity index (χ1) is 7.79. The zero-order chi connectivity index (χ0) is 11.1. The van der Waals surface area contributed by atoms with Crippen LogP contribution in [0.15, 0.2) is 41.3 Å². The maximum absolute atomic E-state index is 11.7. The van der Waals surface area contributed by atoms with Crippen LogP contribution in [0.3, 0.4) is 0 Å². The average Bonchev–Trinajstić information content (AvgIpc) is 2.78. The van der Waals surface area contributed by atoms with E-state index in [1.165, 1.54) is 0 Å². The quantitative estimate of drug-likeness (QED) is 0.612. The van der Waals surface area contributed by atoms with E-state index in [4.69, 9.17) is 5.26 Å². The number of fused-ring (bicyclic) bond motifs is 3. The summed E-state index contributed by atoms with van der Waals surface area (Å²) in [5, 5.41) is 8.84. The smallest absolute Gasteiger partial charge is 0.272 e. The van der Waals surface area contributed by atoms with Crippen LogP contribution < -0.4 is 5.56 Å². The molecular formula is C12H7N3O. The molecule has 0 spiro atoms. The van der Waals surface area contributed by atoms with Crippen molar-refractivity contribution in [3.63, 3.8) is 0 Å². The Labute approximate surface area is 90.4 Å². The molecule has 0 bridgehead atoms. The van der Waals surface area contributed by atoms with Gasteiger partial charge in [0.1, 0.15) is 5.52 Å². The van der Waals surface area contributed by atoms with Crippen molar-refractivity contribution in [1.82, 2.24) is 9.38 Å². The van der Waals surface area contributed by atoms with Crippen molar-refractivity contribution in [1.29, 1.82) is 5.26 Å². The van der Waals surface area contributed by atoms with Gasteiger partial charge in [-0.25, -0.2) is 0 Å². The van der Waals surface area contributed by atoms with E-state index in [0.29, 0.717) is 11.1 Å². The second-order valence-corrected chi connectivity index (χ2v) is 3.56. The lowest BCUT2D eigenvalue weighted by Crippen LogP contribution is -2.09. The normalized spacial score (nSPS) is 10.7. The molecule has 0 aliphatic carbocycles. The Hall–Kier alpha value is -2.54. The molecule has 0 aliphatic rings. The number of nitriles is 1. The second kappa shape index (κ2) is 2.97. The number of aromatic nitrogens is 2. The van der Waals surface area contributed by atoms with Gasteiger partial charge in [-0.05, 0) is 30.3 Å². The number of hydrogen-bond acceptors (Lipinski definition) is 2. The highest BCUT2D eigenvalue weighted by Crippen LogP contribution is 2.14. The molecule has 0 radical (unpaired) electrons. The number of H-pyrrole nitrogens is 1. The number of nitrogens with zero attached hydrogens (tertiary/aromatic N) is 2. The second-order valence-electron chi connectivity index (χ2n) is 3.56. The van der Waals surface area contributed by atoms with Crippen molar-refractivity contribution in [2.75, 3.05) is 0 Å². The van der Waals surface area contributed by atoms with Crippen molar-refractivity contribution in [2.45, 2.75) is 0 Å². The first kappa shape index (κ1) is 8.74. The third kappa shape index (κ3) is 1.06. The topological polar surface area (TPSA) is 61.1 Å². The van der Waals surface area contributed by atoms with Gasteiger partial charge in [-0.3, -0.25) is 4.79 Å². The average molecular weight is 209 g/mol. The van der Waals surface area contributed by atoms with Crippen molar-refractivity contribution in [3.05, 3.63) is 52.4 Å². The summed E-state index contributed by atoms with van der Waals surface area (Å²) >= 11 is 0. The molecule has 76 valence electrons. The lowest BCUT2D eigenvalue weighted by Gasteiger charge is -2.02. The lowest BCUT2D eigenvalue weighted by molar-refractivity contribution is 1.19. The number of aromatic amines is 1. The molecule has 16 heavy (non-hydrogen) atoms. The van der Waals surface area contributed by atoms with E-state index in [-0.39, 0.29) is 5.56 Å². The number of benzene rings is 1. The maximum Gasteiger partial charge on any atom is 0.272 e. The molecule has 2 aromatic heterocycles. The Bertz CT molecular complexity index is 789. The summed E-state index contributed by atoms with van der Waals surface area (Å²) in [6.45, 7) is 0. The van der Waals surface area contributed by atoms with Gasteiger partial charge >= 0.3 is 0 Å². The van der Waals surface area contributed by atoms with E-state index < -0.39 is 0 Å². The number of rotatable bonds is 0. The molecule has 0 saturated carbocycles. The molecule has 0 aliphatic heterocycles. The monoisotopic (exact) mass is 209 g/mol. The van der Waals surface area contributed by atoms with Gasteiger partial charge in [0.2, 0.25) is 0 Å². The van der Waals surface area contributed by atoms with Crippen molar-refractivity contribution >= 4 is 16.6 Å². The summed E-state index contributed by atoms with van der Waals surface area (Å²) in [5.41, 5.74) is 2.60. The Balaban J connectivity index is 2.62. The molecule has 0 saturated heterocycles. The maximum atomic E-state index is 11.7. The number of nitrogens with one attached hydrogen (secondary N) is 1. The van der Waals surface area contributed by atoms with Crippen LogP contribution in [0.5, 0.6) is 0 Å². The molecule has 1 aromatic carbocycles. The molecule has 2 heterocycles. The predicted octanol–water partition coefficient (Wildman–Crippen LogP) is 1.65. The molecule has 0 unspecified atom stereocenters. The summed E-state index contributed by atoms with van der Waals surface area (Å²) in [7, 11) is 0. The van der Waals surface area contributed by atoms with Gasteiger partial charge in [-0.2, -0.15) is 5.26 Å². The third-order valence-electron chi connectivity index (χ3n) is 2.62. The summed E-state index contributed by atoms with van der Waals surface area (Å²) in [6.07, 6.45) is 1.81. The third-order valence-corrected chi connectivity index (χ3v) is 2.62. The minimum atomic E-state index is -0.123. The van der Waals surface area contributed by atoms with Crippen molar-refractivity contribution in [2.24, 2.45) is 0 Å². The van der Waals surface area contributed by atoms with Gasteiger partial charge in [0, 0.05) is 6.20 Å². The fourth-order valence-electron chi connectivity index (χ4n) is 1.87. The molecule has 0 fully saturated rings. The molecular weight excluding hydrogens is 202 g/mol. The van der Waals surface area contributed by atoms with E-state index in [2.05, 4.69) is 11.1 Å². The highest BCUT2D eigenvalue weighted by atomic mass is 16.1. The first-order valence-corrected chi connectivity index (χ1v) is 4.83. The van der Waals surface area contributed by atoms with Gasteiger partial charge in [0.15, 0.2) is 0 Å². The predicted molar refractivity (Wildman–Crippen MR) is 60.2 cm³/mol. The SMILES string of the molecule is N#Cc1ccc2[nH]c(=O)c3cccn3c2c1. The summed E-state index contributed by atoms with van der Waals surface area (Å²) in [4.78, 5) is 14.5.